The second kappa shape index (κ2) is 4.81. The van der Waals surface area contributed by atoms with E-state index in [9.17, 15) is 4.79 Å². The molecule has 4 heteroatoms. The van der Waals surface area contributed by atoms with Gasteiger partial charge < -0.3 is 5.32 Å². The lowest BCUT2D eigenvalue weighted by Crippen LogP contribution is -2.11. The molecule has 1 aromatic heterocycles. The largest absolute Gasteiger partial charge is 0.322 e. The van der Waals surface area contributed by atoms with Crippen LogP contribution < -0.4 is 5.32 Å². The van der Waals surface area contributed by atoms with Crippen LogP contribution in [0.25, 0.3) is 10.9 Å². The second-order valence-electron chi connectivity index (χ2n) is 4.93. The number of hydrogen-bond acceptors (Lipinski definition) is 2. The minimum absolute atomic E-state index is 0.121. The number of hydrogen-bond donors (Lipinski definition) is 2. The number of aromatic amines is 1. The first-order valence-corrected chi connectivity index (χ1v) is 6.45. The predicted octanol–water partition coefficient (Wildman–Crippen LogP) is 3.43. The quantitative estimate of drug-likeness (QED) is 0.745. The summed E-state index contributed by atoms with van der Waals surface area (Å²) in [6.45, 7) is 4.08. The number of nitrogens with one attached hydrogen (secondary N) is 2. The lowest BCUT2D eigenvalue weighted by molar-refractivity contribution is 0.102. The maximum Gasteiger partial charge on any atom is 0.255 e. The average Bonchev–Trinajstić information content (AvgIpc) is 2.90. The van der Waals surface area contributed by atoms with E-state index in [1.165, 1.54) is 5.56 Å². The summed E-state index contributed by atoms with van der Waals surface area (Å²) in [5.74, 6) is -0.121. The maximum atomic E-state index is 12.2. The SMILES string of the molecule is Cc1ccc(NC(=O)c2ccc3cn[nH]c3c2)cc1C. The minimum Gasteiger partial charge on any atom is -0.322 e. The molecule has 0 aliphatic heterocycles. The van der Waals surface area contributed by atoms with E-state index in [4.69, 9.17) is 0 Å². The number of aryl methyl sites for hydroxylation is 2. The van der Waals surface area contributed by atoms with Crippen molar-refractivity contribution in [1.82, 2.24) is 10.2 Å². The molecule has 0 bridgehead atoms. The number of amides is 1. The van der Waals surface area contributed by atoms with Gasteiger partial charge in [-0.2, -0.15) is 5.10 Å². The highest BCUT2D eigenvalue weighted by Crippen LogP contribution is 2.17. The van der Waals surface area contributed by atoms with Gasteiger partial charge in [-0.25, -0.2) is 0 Å². The Hall–Kier alpha value is -2.62. The Kier molecular flexibility index (Phi) is 2.99. The predicted molar refractivity (Wildman–Crippen MR) is 80.0 cm³/mol. The van der Waals surface area contributed by atoms with Gasteiger partial charge in [0.1, 0.15) is 0 Å². The molecular formula is C16H15N3O. The Balaban J connectivity index is 1.86. The molecule has 0 atom stereocenters. The van der Waals surface area contributed by atoms with Crippen LogP contribution in [-0.4, -0.2) is 16.1 Å². The summed E-state index contributed by atoms with van der Waals surface area (Å²) in [5, 5.41) is 10.7. The van der Waals surface area contributed by atoms with Gasteiger partial charge in [-0.15, -0.1) is 0 Å². The minimum atomic E-state index is -0.121. The van der Waals surface area contributed by atoms with Crippen molar-refractivity contribution in [2.45, 2.75) is 13.8 Å². The molecule has 100 valence electrons. The van der Waals surface area contributed by atoms with Gasteiger partial charge in [0.15, 0.2) is 0 Å². The number of anilines is 1. The fourth-order valence-corrected chi connectivity index (χ4v) is 2.10. The van der Waals surface area contributed by atoms with Crippen molar-refractivity contribution in [2.75, 3.05) is 5.32 Å². The molecule has 20 heavy (non-hydrogen) atoms. The first-order chi connectivity index (χ1) is 9.63. The Bertz CT molecular complexity index is 789. The van der Waals surface area contributed by atoms with Gasteiger partial charge in [0.2, 0.25) is 0 Å². The van der Waals surface area contributed by atoms with Gasteiger partial charge in [0, 0.05) is 16.6 Å². The smallest absolute Gasteiger partial charge is 0.255 e. The molecule has 1 heterocycles. The average molecular weight is 265 g/mol. The number of nitrogens with zero attached hydrogens (tertiary/aromatic N) is 1. The molecule has 2 aromatic carbocycles. The van der Waals surface area contributed by atoms with Crippen molar-refractivity contribution < 1.29 is 4.79 Å². The molecule has 0 radical (unpaired) electrons. The van der Waals surface area contributed by atoms with Crippen LogP contribution in [0.2, 0.25) is 0 Å². The van der Waals surface area contributed by atoms with Crippen molar-refractivity contribution in [3.05, 3.63) is 59.3 Å². The third kappa shape index (κ3) is 2.28. The highest BCUT2D eigenvalue weighted by Gasteiger charge is 2.08. The van der Waals surface area contributed by atoms with Crippen LogP contribution in [0.4, 0.5) is 5.69 Å². The van der Waals surface area contributed by atoms with Gasteiger partial charge in [0.25, 0.3) is 5.91 Å². The Morgan fingerprint density at radius 1 is 1.10 bits per heavy atom. The van der Waals surface area contributed by atoms with E-state index < -0.39 is 0 Å². The molecule has 0 unspecified atom stereocenters. The number of aromatic nitrogens is 2. The third-order valence-corrected chi connectivity index (χ3v) is 3.47. The van der Waals surface area contributed by atoms with Gasteiger partial charge >= 0.3 is 0 Å². The first-order valence-electron chi connectivity index (χ1n) is 6.45. The summed E-state index contributed by atoms with van der Waals surface area (Å²) < 4.78 is 0. The van der Waals surface area contributed by atoms with Crippen molar-refractivity contribution >= 4 is 22.5 Å². The molecule has 1 amide bonds. The van der Waals surface area contributed by atoms with E-state index in [1.807, 2.05) is 38.1 Å². The van der Waals surface area contributed by atoms with Crippen molar-refractivity contribution in [2.24, 2.45) is 0 Å². The monoisotopic (exact) mass is 265 g/mol. The highest BCUT2D eigenvalue weighted by molar-refractivity contribution is 6.06. The Morgan fingerprint density at radius 2 is 1.95 bits per heavy atom. The van der Waals surface area contributed by atoms with Gasteiger partial charge in [-0.3, -0.25) is 9.89 Å². The fraction of sp³-hybridized carbons (Fsp3) is 0.125. The fourth-order valence-electron chi connectivity index (χ4n) is 2.10. The summed E-state index contributed by atoms with van der Waals surface area (Å²) in [6, 6.07) is 11.4. The van der Waals surface area contributed by atoms with E-state index in [2.05, 4.69) is 15.5 Å². The van der Waals surface area contributed by atoms with Crippen LogP contribution in [0, 0.1) is 13.8 Å². The van der Waals surface area contributed by atoms with Crippen LogP contribution >= 0.6 is 0 Å². The molecule has 0 spiro atoms. The molecule has 3 aromatic rings. The summed E-state index contributed by atoms with van der Waals surface area (Å²) in [7, 11) is 0. The number of rotatable bonds is 2. The molecule has 0 saturated heterocycles. The standard InChI is InChI=1S/C16H15N3O/c1-10-3-6-14(7-11(10)2)18-16(20)12-4-5-13-9-17-19-15(13)8-12/h3-9H,1-2H3,(H,17,19)(H,18,20). The molecule has 0 aliphatic rings. The molecule has 0 saturated carbocycles. The van der Waals surface area contributed by atoms with Crippen LogP contribution in [0.15, 0.2) is 42.6 Å². The van der Waals surface area contributed by atoms with Crippen molar-refractivity contribution in [3.8, 4) is 0 Å². The third-order valence-electron chi connectivity index (χ3n) is 3.47. The first kappa shape index (κ1) is 12.4. The lowest BCUT2D eigenvalue weighted by atomic mass is 10.1. The number of benzene rings is 2. The molecule has 0 fully saturated rings. The van der Waals surface area contributed by atoms with Gasteiger partial charge in [-0.05, 0) is 49.2 Å². The Labute approximate surface area is 116 Å². The van der Waals surface area contributed by atoms with Crippen LogP contribution in [0.3, 0.4) is 0 Å². The van der Waals surface area contributed by atoms with E-state index in [0.717, 1.165) is 22.2 Å². The zero-order valence-electron chi connectivity index (χ0n) is 11.4. The van der Waals surface area contributed by atoms with E-state index in [1.54, 1.807) is 18.3 Å². The molecule has 3 rings (SSSR count). The summed E-state index contributed by atoms with van der Waals surface area (Å²) >= 11 is 0. The molecule has 2 N–H and O–H groups in total. The molecular weight excluding hydrogens is 250 g/mol. The normalized spacial score (nSPS) is 10.7. The van der Waals surface area contributed by atoms with Crippen LogP contribution in [-0.2, 0) is 0 Å². The van der Waals surface area contributed by atoms with E-state index in [-0.39, 0.29) is 5.91 Å². The topological polar surface area (TPSA) is 57.8 Å². The Morgan fingerprint density at radius 3 is 2.75 bits per heavy atom. The highest BCUT2D eigenvalue weighted by atomic mass is 16.1. The molecule has 4 nitrogen and oxygen atoms in total. The van der Waals surface area contributed by atoms with E-state index >= 15 is 0 Å². The van der Waals surface area contributed by atoms with Crippen molar-refractivity contribution in [1.29, 1.82) is 0 Å². The number of fused-ring (bicyclic) bond motifs is 1. The zero-order valence-corrected chi connectivity index (χ0v) is 11.4. The number of H-pyrrole nitrogens is 1. The molecule has 0 aliphatic carbocycles. The number of carbonyl (C=O) groups excluding carboxylic acids is 1. The van der Waals surface area contributed by atoms with Gasteiger partial charge in [-0.1, -0.05) is 12.1 Å². The lowest BCUT2D eigenvalue weighted by Gasteiger charge is -2.07. The van der Waals surface area contributed by atoms with Gasteiger partial charge in [0.05, 0.1) is 11.7 Å². The zero-order chi connectivity index (χ0) is 14.1. The van der Waals surface area contributed by atoms with Crippen LogP contribution in [0.1, 0.15) is 21.5 Å². The van der Waals surface area contributed by atoms with Crippen LogP contribution in [0.5, 0.6) is 0 Å². The van der Waals surface area contributed by atoms with Crippen molar-refractivity contribution in [3.63, 3.8) is 0 Å². The van der Waals surface area contributed by atoms with E-state index in [0.29, 0.717) is 5.56 Å². The summed E-state index contributed by atoms with van der Waals surface area (Å²) in [5.41, 5.74) is 4.65. The summed E-state index contributed by atoms with van der Waals surface area (Å²) in [4.78, 5) is 12.2. The number of carbonyl (C=O) groups is 1. The second-order valence-corrected chi connectivity index (χ2v) is 4.93. The summed E-state index contributed by atoms with van der Waals surface area (Å²) in [6.07, 6.45) is 1.74. The maximum absolute atomic E-state index is 12.2.